The zero-order valence-corrected chi connectivity index (χ0v) is 16.9. The fraction of sp³-hybridized carbons (Fsp3) is 0.250. The molecule has 0 saturated heterocycles. The number of benzene rings is 2. The van der Waals surface area contributed by atoms with Crippen LogP contribution >= 0.6 is 11.6 Å². The molecule has 3 rings (SSSR count). The number of aromatic nitrogens is 2. The number of fused-ring (bicyclic) bond motifs is 1. The van der Waals surface area contributed by atoms with Crippen molar-refractivity contribution in [3.8, 4) is 0 Å². The summed E-state index contributed by atoms with van der Waals surface area (Å²) in [6.07, 6.45) is 0. The van der Waals surface area contributed by atoms with Gasteiger partial charge in [0, 0.05) is 25.2 Å². The summed E-state index contributed by atoms with van der Waals surface area (Å²) in [6.45, 7) is 3.98. The maximum absolute atomic E-state index is 12.9. The van der Waals surface area contributed by atoms with E-state index < -0.39 is 16.9 Å². The molecule has 1 aromatic heterocycles. The Morgan fingerprint density at radius 2 is 2.00 bits per heavy atom. The molecule has 9 heteroatoms. The van der Waals surface area contributed by atoms with Crippen LogP contribution in [-0.2, 0) is 6.54 Å². The molecular formula is C20H19ClN4O4. The number of nitro groups is 1. The zero-order chi connectivity index (χ0) is 21.3. The fourth-order valence-electron chi connectivity index (χ4n) is 3.15. The van der Waals surface area contributed by atoms with Crippen molar-refractivity contribution in [2.24, 2.45) is 0 Å². The van der Waals surface area contributed by atoms with E-state index in [9.17, 15) is 19.7 Å². The molecule has 0 spiro atoms. The second-order valence-electron chi connectivity index (χ2n) is 6.55. The lowest BCUT2D eigenvalue weighted by Crippen LogP contribution is -2.35. The predicted molar refractivity (Wildman–Crippen MR) is 110 cm³/mol. The van der Waals surface area contributed by atoms with Crippen LogP contribution in [0.4, 0.5) is 5.69 Å². The molecule has 0 unspecified atom stereocenters. The highest BCUT2D eigenvalue weighted by Crippen LogP contribution is 2.27. The van der Waals surface area contributed by atoms with Crippen LogP contribution in [0.25, 0.3) is 10.9 Å². The molecule has 2 aromatic carbocycles. The van der Waals surface area contributed by atoms with Crippen LogP contribution in [0.3, 0.4) is 0 Å². The quantitative estimate of drug-likeness (QED) is 0.467. The summed E-state index contributed by atoms with van der Waals surface area (Å²) in [6, 6.07) is 10.4. The molecule has 1 heterocycles. The first-order chi connectivity index (χ1) is 13.8. The highest BCUT2D eigenvalue weighted by atomic mass is 35.5. The van der Waals surface area contributed by atoms with Crippen LogP contribution in [0.5, 0.6) is 0 Å². The highest BCUT2D eigenvalue weighted by Gasteiger charge is 2.25. The second kappa shape index (κ2) is 8.00. The first-order valence-electron chi connectivity index (χ1n) is 8.96. The molecular weight excluding hydrogens is 396 g/mol. The van der Waals surface area contributed by atoms with Gasteiger partial charge in [-0.3, -0.25) is 24.3 Å². The van der Waals surface area contributed by atoms with Crippen molar-refractivity contribution in [1.82, 2.24) is 14.5 Å². The van der Waals surface area contributed by atoms with Gasteiger partial charge in [0.05, 0.1) is 21.9 Å². The minimum absolute atomic E-state index is 0.0433. The number of nitro benzene ring substituents is 1. The monoisotopic (exact) mass is 414 g/mol. The number of amides is 1. The van der Waals surface area contributed by atoms with Gasteiger partial charge in [0.15, 0.2) is 0 Å². The molecule has 0 fully saturated rings. The zero-order valence-electron chi connectivity index (χ0n) is 16.1. The highest BCUT2D eigenvalue weighted by molar-refractivity contribution is 6.32. The lowest BCUT2D eigenvalue weighted by atomic mass is 10.1. The van der Waals surface area contributed by atoms with E-state index in [0.29, 0.717) is 23.3 Å². The Labute approximate surface area is 171 Å². The summed E-state index contributed by atoms with van der Waals surface area (Å²) in [4.78, 5) is 42.3. The Morgan fingerprint density at radius 3 is 2.66 bits per heavy atom. The first-order valence-corrected chi connectivity index (χ1v) is 9.34. The number of nitrogens with zero attached hydrogens (tertiary/aromatic N) is 4. The van der Waals surface area contributed by atoms with Gasteiger partial charge in [0.1, 0.15) is 10.8 Å². The third kappa shape index (κ3) is 3.71. The van der Waals surface area contributed by atoms with Gasteiger partial charge in [-0.1, -0.05) is 23.7 Å². The Bertz CT molecular complexity index is 1170. The van der Waals surface area contributed by atoms with E-state index in [0.717, 1.165) is 6.07 Å². The van der Waals surface area contributed by atoms with Crippen LogP contribution in [0, 0.1) is 10.1 Å². The lowest BCUT2D eigenvalue weighted by Gasteiger charge is -2.26. The topological polar surface area (TPSA) is 98.3 Å². The van der Waals surface area contributed by atoms with Crippen LogP contribution in [0.2, 0.25) is 5.02 Å². The second-order valence-corrected chi connectivity index (χ2v) is 6.96. The van der Waals surface area contributed by atoms with Crippen molar-refractivity contribution in [3.05, 3.63) is 79.3 Å². The third-order valence-corrected chi connectivity index (χ3v) is 5.19. The summed E-state index contributed by atoms with van der Waals surface area (Å²) in [5.74, 6) is -0.00200. The molecule has 3 aromatic rings. The van der Waals surface area contributed by atoms with E-state index >= 15 is 0 Å². The Morgan fingerprint density at radius 1 is 1.31 bits per heavy atom. The van der Waals surface area contributed by atoms with Crippen molar-refractivity contribution >= 4 is 34.1 Å². The van der Waals surface area contributed by atoms with Crippen LogP contribution in [-0.4, -0.2) is 32.3 Å². The van der Waals surface area contributed by atoms with E-state index in [2.05, 4.69) is 4.98 Å². The van der Waals surface area contributed by atoms with Crippen LogP contribution in [0.15, 0.2) is 47.3 Å². The van der Waals surface area contributed by atoms with Crippen molar-refractivity contribution in [2.75, 3.05) is 7.05 Å². The van der Waals surface area contributed by atoms with Crippen molar-refractivity contribution in [1.29, 1.82) is 0 Å². The Hall–Kier alpha value is -3.26. The summed E-state index contributed by atoms with van der Waals surface area (Å²) < 4.78 is 1.53. The number of carbonyl (C=O) groups excluding carboxylic acids is 1. The number of carbonyl (C=O) groups is 1. The van der Waals surface area contributed by atoms with Crippen molar-refractivity contribution in [3.63, 3.8) is 0 Å². The number of hydrogen-bond donors (Lipinski definition) is 0. The maximum atomic E-state index is 12.9. The SMILES string of the molecule is CCn1c([C@H](C)N(C)C(=O)c2ccc(Cl)c([N+](=O)[O-])c2)nc2ccccc2c1=O. The van der Waals surface area contributed by atoms with Gasteiger partial charge in [-0.05, 0) is 38.1 Å². The van der Waals surface area contributed by atoms with Gasteiger partial charge >= 0.3 is 0 Å². The molecule has 29 heavy (non-hydrogen) atoms. The first kappa shape index (κ1) is 20.5. The Kier molecular flexibility index (Phi) is 5.65. The maximum Gasteiger partial charge on any atom is 0.288 e. The largest absolute Gasteiger partial charge is 0.332 e. The molecule has 0 aliphatic carbocycles. The van der Waals surface area contributed by atoms with Gasteiger partial charge < -0.3 is 4.90 Å². The standard InChI is InChI=1S/C20H19ClN4O4/c1-4-24-18(22-16-8-6-5-7-14(16)20(24)27)12(2)23(3)19(26)13-9-10-15(21)17(11-13)25(28)29/h5-12H,4H2,1-3H3/t12-/m0/s1. The smallest absolute Gasteiger partial charge is 0.288 e. The predicted octanol–water partition coefficient (Wildman–Crippen LogP) is 3.81. The van der Waals surface area contributed by atoms with Crippen LogP contribution < -0.4 is 5.56 Å². The molecule has 0 N–H and O–H groups in total. The lowest BCUT2D eigenvalue weighted by molar-refractivity contribution is -0.384. The fourth-order valence-corrected chi connectivity index (χ4v) is 3.33. The molecule has 0 radical (unpaired) electrons. The molecule has 150 valence electrons. The minimum Gasteiger partial charge on any atom is -0.332 e. The van der Waals surface area contributed by atoms with Crippen molar-refractivity contribution < 1.29 is 9.72 Å². The average Bonchev–Trinajstić information content (AvgIpc) is 2.72. The molecule has 0 saturated carbocycles. The number of rotatable bonds is 5. The van der Waals surface area contributed by atoms with E-state index in [1.54, 1.807) is 38.2 Å². The number of halogens is 1. The number of hydrogen-bond acceptors (Lipinski definition) is 5. The molecule has 8 nitrogen and oxygen atoms in total. The summed E-state index contributed by atoms with van der Waals surface area (Å²) in [5, 5.41) is 11.6. The summed E-state index contributed by atoms with van der Waals surface area (Å²) >= 11 is 5.83. The molecule has 0 bridgehead atoms. The summed E-state index contributed by atoms with van der Waals surface area (Å²) in [5.41, 5.74) is 0.157. The van der Waals surface area contributed by atoms with E-state index in [1.807, 2.05) is 6.92 Å². The summed E-state index contributed by atoms with van der Waals surface area (Å²) in [7, 11) is 1.56. The van der Waals surface area contributed by atoms with E-state index in [-0.39, 0.29) is 21.8 Å². The Balaban J connectivity index is 2.03. The third-order valence-electron chi connectivity index (χ3n) is 4.87. The van der Waals surface area contributed by atoms with Crippen LogP contribution in [0.1, 0.15) is 36.1 Å². The normalized spacial score (nSPS) is 12.0. The molecule has 1 amide bonds. The van der Waals surface area contributed by atoms with Gasteiger partial charge in [-0.15, -0.1) is 0 Å². The molecule has 0 aliphatic rings. The van der Waals surface area contributed by atoms with Gasteiger partial charge in [0.25, 0.3) is 17.2 Å². The van der Waals surface area contributed by atoms with Crippen molar-refractivity contribution in [2.45, 2.75) is 26.4 Å². The van der Waals surface area contributed by atoms with E-state index in [1.165, 1.54) is 21.6 Å². The molecule has 1 atom stereocenters. The van der Waals surface area contributed by atoms with Gasteiger partial charge in [-0.2, -0.15) is 0 Å². The average molecular weight is 415 g/mol. The number of para-hydroxylation sites is 1. The van der Waals surface area contributed by atoms with Gasteiger partial charge in [-0.25, -0.2) is 4.98 Å². The molecule has 0 aliphatic heterocycles. The van der Waals surface area contributed by atoms with Gasteiger partial charge in [0.2, 0.25) is 0 Å². The minimum atomic E-state index is -0.637. The van der Waals surface area contributed by atoms with E-state index in [4.69, 9.17) is 11.6 Å².